The summed E-state index contributed by atoms with van der Waals surface area (Å²) in [6.45, 7) is 2.43. The number of hydrogen-bond acceptors (Lipinski definition) is 5. The van der Waals surface area contributed by atoms with Crippen molar-refractivity contribution in [2.45, 2.75) is 25.9 Å². The van der Waals surface area contributed by atoms with E-state index in [2.05, 4.69) is 0 Å². The van der Waals surface area contributed by atoms with E-state index in [1.807, 2.05) is 6.92 Å². The minimum atomic E-state index is -0.956. The van der Waals surface area contributed by atoms with Crippen LogP contribution in [-0.2, 0) is 16.1 Å². The fraction of sp³-hybridized carbons (Fsp3) is 0.208. The number of benzene rings is 2. The molecular weight excluding hydrogens is 432 g/mol. The monoisotopic (exact) mass is 452 g/mol. The Bertz CT molecular complexity index is 1110. The Hall–Kier alpha value is -3.58. The van der Waals surface area contributed by atoms with Crippen LogP contribution in [0.5, 0.6) is 5.75 Å². The van der Waals surface area contributed by atoms with Crippen LogP contribution in [0.3, 0.4) is 0 Å². The van der Waals surface area contributed by atoms with Crippen LogP contribution in [0.25, 0.3) is 0 Å². The van der Waals surface area contributed by atoms with Crippen LogP contribution in [0.2, 0.25) is 5.02 Å². The molecule has 3 aromatic rings. The smallest absolute Gasteiger partial charge is 0.257 e. The molecule has 0 spiro atoms. The highest BCUT2D eigenvalue weighted by atomic mass is 35.5. The molecule has 3 amide bonds. The van der Waals surface area contributed by atoms with Gasteiger partial charge in [-0.25, -0.2) is 4.90 Å². The maximum absolute atomic E-state index is 13.3. The largest absolute Gasteiger partial charge is 0.494 e. The fourth-order valence-corrected chi connectivity index (χ4v) is 3.77. The topological polar surface area (TPSA) is 80.1 Å². The van der Waals surface area contributed by atoms with Gasteiger partial charge < -0.3 is 14.1 Å². The number of halogens is 1. The van der Waals surface area contributed by atoms with Gasteiger partial charge in [0.2, 0.25) is 5.91 Å². The maximum atomic E-state index is 13.3. The molecule has 4 rings (SSSR count). The molecule has 164 valence electrons. The van der Waals surface area contributed by atoms with Crippen molar-refractivity contribution in [1.82, 2.24) is 4.90 Å². The molecule has 0 N–H and O–H groups in total. The molecule has 2 aromatic carbocycles. The van der Waals surface area contributed by atoms with E-state index in [9.17, 15) is 14.4 Å². The number of imide groups is 1. The molecule has 0 unspecified atom stereocenters. The number of amides is 3. The Morgan fingerprint density at radius 3 is 2.47 bits per heavy atom. The van der Waals surface area contributed by atoms with E-state index in [1.165, 1.54) is 11.2 Å². The molecule has 1 atom stereocenters. The summed E-state index contributed by atoms with van der Waals surface area (Å²) in [5.74, 6) is -0.0837. The van der Waals surface area contributed by atoms with Crippen molar-refractivity contribution in [2.75, 3.05) is 11.5 Å². The zero-order chi connectivity index (χ0) is 22.7. The van der Waals surface area contributed by atoms with E-state index in [-0.39, 0.29) is 18.9 Å². The molecule has 2 heterocycles. The first kappa shape index (κ1) is 21.6. The second-order valence-corrected chi connectivity index (χ2v) is 7.67. The molecule has 0 saturated carbocycles. The third kappa shape index (κ3) is 4.38. The minimum absolute atomic E-state index is 0.0509. The zero-order valence-electron chi connectivity index (χ0n) is 17.4. The first-order valence-electron chi connectivity index (χ1n) is 10.2. The third-order valence-electron chi connectivity index (χ3n) is 5.16. The molecule has 1 fully saturated rings. The molecule has 0 aliphatic carbocycles. The molecular formula is C24H21ClN2O5. The van der Waals surface area contributed by atoms with Crippen molar-refractivity contribution in [3.8, 4) is 5.75 Å². The van der Waals surface area contributed by atoms with Crippen LogP contribution in [0.4, 0.5) is 5.69 Å². The van der Waals surface area contributed by atoms with Gasteiger partial charge in [0.1, 0.15) is 17.6 Å². The maximum Gasteiger partial charge on any atom is 0.257 e. The fourth-order valence-electron chi connectivity index (χ4n) is 3.64. The molecule has 1 saturated heterocycles. The molecule has 0 bridgehead atoms. The summed E-state index contributed by atoms with van der Waals surface area (Å²) in [6.07, 6.45) is 1.38. The highest BCUT2D eigenvalue weighted by Gasteiger charge is 2.44. The lowest BCUT2D eigenvalue weighted by atomic mass is 10.1. The highest BCUT2D eigenvalue weighted by molar-refractivity contribution is 6.30. The van der Waals surface area contributed by atoms with E-state index in [0.717, 1.165) is 4.90 Å². The lowest BCUT2D eigenvalue weighted by Gasteiger charge is -2.27. The second-order valence-electron chi connectivity index (χ2n) is 7.23. The quantitative estimate of drug-likeness (QED) is 0.499. The number of nitrogens with zero attached hydrogens (tertiary/aromatic N) is 2. The summed E-state index contributed by atoms with van der Waals surface area (Å²) >= 11 is 5.94. The van der Waals surface area contributed by atoms with Crippen LogP contribution in [0, 0.1) is 0 Å². The van der Waals surface area contributed by atoms with E-state index >= 15 is 0 Å². The second kappa shape index (κ2) is 9.28. The Morgan fingerprint density at radius 2 is 1.84 bits per heavy atom. The van der Waals surface area contributed by atoms with Crippen LogP contribution >= 0.6 is 11.6 Å². The van der Waals surface area contributed by atoms with Gasteiger partial charge in [0.15, 0.2) is 0 Å². The minimum Gasteiger partial charge on any atom is -0.494 e. The average molecular weight is 453 g/mol. The van der Waals surface area contributed by atoms with Gasteiger partial charge >= 0.3 is 0 Å². The predicted octanol–water partition coefficient (Wildman–Crippen LogP) is 4.31. The molecule has 32 heavy (non-hydrogen) atoms. The molecule has 0 radical (unpaired) electrons. The van der Waals surface area contributed by atoms with Crippen molar-refractivity contribution >= 4 is 35.0 Å². The van der Waals surface area contributed by atoms with Gasteiger partial charge in [-0.15, -0.1) is 0 Å². The zero-order valence-corrected chi connectivity index (χ0v) is 18.1. The lowest BCUT2D eigenvalue weighted by Crippen LogP contribution is -2.45. The van der Waals surface area contributed by atoms with Crippen LogP contribution < -0.4 is 9.64 Å². The van der Waals surface area contributed by atoms with Crippen LogP contribution in [-0.4, -0.2) is 35.3 Å². The van der Waals surface area contributed by atoms with E-state index < -0.39 is 17.9 Å². The van der Waals surface area contributed by atoms with Gasteiger partial charge in [-0.3, -0.25) is 14.4 Å². The lowest BCUT2D eigenvalue weighted by molar-refractivity contribution is -0.122. The summed E-state index contributed by atoms with van der Waals surface area (Å²) in [5, 5.41) is 0.493. The van der Waals surface area contributed by atoms with Crippen LogP contribution in [0.15, 0.2) is 71.3 Å². The SMILES string of the molecule is CCOc1ccc(N2C(=O)C[C@H](N(Cc3ccco3)C(=O)c3ccc(Cl)cc3)C2=O)cc1. The number of hydrogen-bond donors (Lipinski definition) is 0. The Kier molecular flexibility index (Phi) is 6.28. The van der Waals surface area contributed by atoms with Crippen molar-refractivity contribution in [3.05, 3.63) is 83.3 Å². The molecule has 1 aliphatic heterocycles. The molecule has 8 heteroatoms. The standard InChI is InChI=1S/C24H21ClN2O5/c1-2-31-19-11-9-18(10-12-19)27-22(28)14-21(24(27)30)26(15-20-4-3-13-32-20)23(29)16-5-7-17(25)8-6-16/h3-13,21H,2,14-15H2,1H3/t21-/m0/s1. The van der Waals surface area contributed by atoms with E-state index in [0.29, 0.717) is 34.4 Å². The number of carbonyl (C=O) groups is 3. The van der Waals surface area contributed by atoms with Crippen molar-refractivity contribution < 1.29 is 23.5 Å². The number of carbonyl (C=O) groups excluding carboxylic acids is 3. The summed E-state index contributed by atoms with van der Waals surface area (Å²) in [6, 6.07) is 15.6. The normalized spacial score (nSPS) is 15.8. The van der Waals surface area contributed by atoms with Gasteiger partial charge in [-0.05, 0) is 67.6 Å². The molecule has 1 aromatic heterocycles. The Morgan fingerprint density at radius 1 is 1.12 bits per heavy atom. The van der Waals surface area contributed by atoms with Crippen LogP contribution in [0.1, 0.15) is 29.5 Å². The van der Waals surface area contributed by atoms with Crippen molar-refractivity contribution in [2.24, 2.45) is 0 Å². The third-order valence-corrected chi connectivity index (χ3v) is 5.42. The molecule has 1 aliphatic rings. The summed E-state index contributed by atoms with van der Waals surface area (Å²) in [5.41, 5.74) is 0.795. The first-order chi connectivity index (χ1) is 15.5. The number of furan rings is 1. The highest BCUT2D eigenvalue weighted by Crippen LogP contribution is 2.29. The van der Waals surface area contributed by atoms with Gasteiger partial charge in [0, 0.05) is 10.6 Å². The predicted molar refractivity (Wildman–Crippen MR) is 119 cm³/mol. The van der Waals surface area contributed by atoms with Gasteiger partial charge in [0.05, 0.1) is 31.5 Å². The Balaban J connectivity index is 1.63. The van der Waals surface area contributed by atoms with Gasteiger partial charge in [-0.2, -0.15) is 0 Å². The van der Waals surface area contributed by atoms with Crippen molar-refractivity contribution in [3.63, 3.8) is 0 Å². The number of anilines is 1. The number of ether oxygens (including phenoxy) is 1. The molecule has 7 nitrogen and oxygen atoms in total. The number of rotatable bonds is 7. The first-order valence-corrected chi connectivity index (χ1v) is 10.5. The summed E-state index contributed by atoms with van der Waals surface area (Å²) in [7, 11) is 0. The van der Waals surface area contributed by atoms with Gasteiger partial charge in [-0.1, -0.05) is 11.6 Å². The van der Waals surface area contributed by atoms with Gasteiger partial charge in [0.25, 0.3) is 11.8 Å². The Labute approximate surface area is 190 Å². The van der Waals surface area contributed by atoms with E-state index in [4.69, 9.17) is 20.8 Å². The van der Waals surface area contributed by atoms with Crippen molar-refractivity contribution in [1.29, 1.82) is 0 Å². The van der Waals surface area contributed by atoms with E-state index in [1.54, 1.807) is 60.7 Å². The summed E-state index contributed by atoms with van der Waals surface area (Å²) in [4.78, 5) is 41.9. The average Bonchev–Trinajstić information content (AvgIpc) is 3.40. The summed E-state index contributed by atoms with van der Waals surface area (Å²) < 4.78 is 10.8.